The largest absolute Gasteiger partial charge is 0.381 e. The van der Waals surface area contributed by atoms with E-state index in [0.29, 0.717) is 23.4 Å². The average molecular weight is 265 g/mol. The molecule has 3 nitrogen and oxygen atoms in total. The van der Waals surface area contributed by atoms with E-state index in [0.717, 1.165) is 0 Å². The van der Waals surface area contributed by atoms with Gasteiger partial charge in [0.2, 0.25) is 0 Å². The average Bonchev–Trinajstić information content (AvgIpc) is 2.29. The molecule has 18 heavy (non-hydrogen) atoms. The minimum Gasteiger partial charge on any atom is -0.381 e. The molecule has 1 N–H and O–H groups in total. The molecule has 0 aliphatic carbocycles. The van der Waals surface area contributed by atoms with Gasteiger partial charge in [-0.1, -0.05) is 19.1 Å². The molecule has 0 spiro atoms. The van der Waals surface area contributed by atoms with E-state index in [1.54, 1.807) is 18.2 Å². The van der Waals surface area contributed by atoms with Gasteiger partial charge >= 0.3 is 0 Å². The van der Waals surface area contributed by atoms with Crippen LogP contribution < -0.4 is 5.32 Å². The maximum absolute atomic E-state index is 12.1. The fraction of sp³-hybridized carbons (Fsp3) is 0.429. The molecular formula is C14H19NO2S. The lowest BCUT2D eigenvalue weighted by Crippen LogP contribution is -2.17. The minimum absolute atomic E-state index is 0.0491. The van der Waals surface area contributed by atoms with Gasteiger partial charge in [-0.05, 0) is 25.5 Å². The van der Waals surface area contributed by atoms with Crippen LogP contribution in [0, 0.1) is 12.3 Å². The van der Waals surface area contributed by atoms with Crippen LogP contribution in [0.5, 0.6) is 0 Å². The predicted molar refractivity (Wildman–Crippen MR) is 75.3 cm³/mol. The molecule has 0 fully saturated rings. The molecule has 1 aromatic rings. The summed E-state index contributed by atoms with van der Waals surface area (Å²) in [5, 5.41) is 3.15. The highest BCUT2D eigenvalue weighted by Gasteiger charge is 2.17. The van der Waals surface area contributed by atoms with Crippen molar-refractivity contribution < 1.29 is 8.42 Å². The van der Waals surface area contributed by atoms with Gasteiger partial charge in [0.15, 0.2) is 9.84 Å². The van der Waals surface area contributed by atoms with Gasteiger partial charge in [-0.15, -0.1) is 12.3 Å². The van der Waals surface area contributed by atoms with E-state index < -0.39 is 9.84 Å². The number of sulfone groups is 1. The number of para-hydroxylation sites is 1. The fourth-order valence-corrected chi connectivity index (χ4v) is 3.23. The molecule has 0 saturated carbocycles. The molecule has 0 heterocycles. The summed E-state index contributed by atoms with van der Waals surface area (Å²) in [4.78, 5) is 0.357. The lowest BCUT2D eigenvalue weighted by molar-refractivity contribution is 0.595. The zero-order chi connectivity index (χ0) is 13.6. The Labute approximate surface area is 110 Å². The van der Waals surface area contributed by atoms with Crippen LogP contribution in [0.3, 0.4) is 0 Å². The van der Waals surface area contributed by atoms with Crippen molar-refractivity contribution in [3.05, 3.63) is 24.3 Å². The number of rotatable bonds is 6. The first-order valence-electron chi connectivity index (χ1n) is 6.03. The van der Waals surface area contributed by atoms with Crippen LogP contribution in [0.1, 0.15) is 26.7 Å². The second-order valence-corrected chi connectivity index (χ2v) is 6.35. The van der Waals surface area contributed by atoms with Crippen LogP contribution in [-0.4, -0.2) is 20.2 Å². The van der Waals surface area contributed by atoms with Gasteiger partial charge in [-0.3, -0.25) is 0 Å². The number of anilines is 1. The van der Waals surface area contributed by atoms with Crippen LogP contribution in [-0.2, 0) is 9.84 Å². The van der Waals surface area contributed by atoms with Crippen molar-refractivity contribution in [1.82, 2.24) is 0 Å². The Balaban J connectivity index is 3.04. The van der Waals surface area contributed by atoms with Crippen molar-refractivity contribution >= 4 is 15.5 Å². The van der Waals surface area contributed by atoms with E-state index in [2.05, 4.69) is 11.2 Å². The quantitative estimate of drug-likeness (QED) is 0.804. The molecule has 0 aliphatic rings. The molecular weight excluding hydrogens is 246 g/mol. The highest BCUT2D eigenvalue weighted by Crippen LogP contribution is 2.23. The summed E-state index contributed by atoms with van der Waals surface area (Å²) in [5.41, 5.74) is 0.633. The van der Waals surface area contributed by atoms with Crippen LogP contribution in [0.15, 0.2) is 29.2 Å². The van der Waals surface area contributed by atoms with Crippen LogP contribution in [0.25, 0.3) is 0 Å². The normalized spacial score (nSPS) is 12.7. The SMILES string of the molecule is C#CCC(C)Nc1ccccc1S(=O)(=O)CCC. The Bertz CT molecular complexity index is 529. The van der Waals surface area contributed by atoms with Crippen LogP contribution in [0.2, 0.25) is 0 Å². The lowest BCUT2D eigenvalue weighted by atomic mass is 10.2. The first kappa shape index (κ1) is 14.6. The Hall–Kier alpha value is -1.47. The fourth-order valence-electron chi connectivity index (χ4n) is 1.73. The second kappa shape index (κ2) is 6.46. The molecule has 1 atom stereocenters. The van der Waals surface area contributed by atoms with Crippen LogP contribution in [0.4, 0.5) is 5.69 Å². The summed E-state index contributed by atoms with van der Waals surface area (Å²) in [6.07, 6.45) is 6.41. The third-order valence-electron chi connectivity index (χ3n) is 2.52. The van der Waals surface area contributed by atoms with Gasteiger partial charge in [0.1, 0.15) is 0 Å². The van der Waals surface area contributed by atoms with Gasteiger partial charge in [-0.2, -0.15) is 0 Å². The number of terminal acetylenes is 1. The maximum atomic E-state index is 12.1. The smallest absolute Gasteiger partial charge is 0.180 e. The summed E-state index contributed by atoms with van der Waals surface area (Å²) in [5.74, 6) is 2.72. The Morgan fingerprint density at radius 2 is 2.06 bits per heavy atom. The maximum Gasteiger partial charge on any atom is 0.180 e. The van der Waals surface area contributed by atoms with Crippen molar-refractivity contribution in [3.63, 3.8) is 0 Å². The monoisotopic (exact) mass is 265 g/mol. The van der Waals surface area contributed by atoms with E-state index in [-0.39, 0.29) is 11.8 Å². The zero-order valence-electron chi connectivity index (χ0n) is 10.8. The van der Waals surface area contributed by atoms with Crippen molar-refractivity contribution in [2.75, 3.05) is 11.1 Å². The lowest BCUT2D eigenvalue weighted by Gasteiger charge is -2.16. The van der Waals surface area contributed by atoms with Crippen molar-refractivity contribution in [2.45, 2.75) is 37.6 Å². The molecule has 1 unspecified atom stereocenters. The third-order valence-corrected chi connectivity index (χ3v) is 4.49. The molecule has 0 bridgehead atoms. The molecule has 0 saturated heterocycles. The van der Waals surface area contributed by atoms with E-state index in [4.69, 9.17) is 6.42 Å². The molecule has 98 valence electrons. The molecule has 0 aromatic heterocycles. The minimum atomic E-state index is -3.22. The molecule has 0 radical (unpaired) electrons. The number of hydrogen-bond donors (Lipinski definition) is 1. The highest BCUT2D eigenvalue weighted by atomic mass is 32.2. The van der Waals surface area contributed by atoms with E-state index in [1.807, 2.05) is 19.9 Å². The van der Waals surface area contributed by atoms with Gasteiger partial charge in [0.25, 0.3) is 0 Å². The molecule has 1 aromatic carbocycles. The van der Waals surface area contributed by atoms with Crippen LogP contribution >= 0.6 is 0 Å². The topological polar surface area (TPSA) is 46.2 Å². The summed E-state index contributed by atoms with van der Waals surface area (Å²) in [6.45, 7) is 3.79. The van der Waals surface area contributed by atoms with Crippen molar-refractivity contribution in [1.29, 1.82) is 0 Å². The first-order chi connectivity index (χ1) is 8.51. The Kier molecular flexibility index (Phi) is 5.24. The van der Waals surface area contributed by atoms with E-state index >= 15 is 0 Å². The molecule has 0 aliphatic heterocycles. The van der Waals surface area contributed by atoms with Gasteiger partial charge in [-0.25, -0.2) is 8.42 Å². The summed E-state index contributed by atoms with van der Waals surface area (Å²) in [7, 11) is -3.22. The first-order valence-corrected chi connectivity index (χ1v) is 7.68. The van der Waals surface area contributed by atoms with Gasteiger partial charge in [0, 0.05) is 12.5 Å². The Morgan fingerprint density at radius 3 is 2.67 bits per heavy atom. The number of benzene rings is 1. The Morgan fingerprint density at radius 1 is 1.39 bits per heavy atom. The standard InChI is InChI=1S/C14H19NO2S/c1-4-8-12(3)15-13-9-6-7-10-14(13)18(16,17)11-5-2/h1,6-7,9-10,12,15H,5,8,11H2,2-3H3. The molecule has 0 amide bonds. The van der Waals surface area contributed by atoms with Gasteiger partial charge < -0.3 is 5.32 Å². The molecule has 4 heteroatoms. The predicted octanol–water partition coefficient (Wildman–Crippen LogP) is 2.69. The third kappa shape index (κ3) is 3.78. The second-order valence-electron chi connectivity index (χ2n) is 4.27. The summed E-state index contributed by atoms with van der Waals surface area (Å²) < 4.78 is 24.2. The highest BCUT2D eigenvalue weighted by molar-refractivity contribution is 7.91. The summed E-state index contributed by atoms with van der Waals surface area (Å²) in [6, 6.07) is 7.01. The van der Waals surface area contributed by atoms with Crippen molar-refractivity contribution in [2.24, 2.45) is 0 Å². The summed E-state index contributed by atoms with van der Waals surface area (Å²) >= 11 is 0. The van der Waals surface area contributed by atoms with Crippen molar-refractivity contribution in [3.8, 4) is 12.3 Å². The molecule has 1 rings (SSSR count). The zero-order valence-corrected chi connectivity index (χ0v) is 11.6. The number of hydrogen-bond acceptors (Lipinski definition) is 3. The van der Waals surface area contributed by atoms with Gasteiger partial charge in [0.05, 0.1) is 16.3 Å². The van der Waals surface area contributed by atoms with E-state index in [9.17, 15) is 8.42 Å². The van der Waals surface area contributed by atoms with E-state index in [1.165, 1.54) is 0 Å². The number of nitrogens with one attached hydrogen (secondary N) is 1.